The van der Waals surface area contributed by atoms with E-state index < -0.39 is 0 Å². The van der Waals surface area contributed by atoms with Gasteiger partial charge >= 0.3 is 6.03 Å². The Morgan fingerprint density at radius 2 is 1.65 bits per heavy atom. The van der Waals surface area contributed by atoms with E-state index in [1.165, 1.54) is 0 Å². The van der Waals surface area contributed by atoms with Gasteiger partial charge in [-0.25, -0.2) is 4.79 Å². The van der Waals surface area contributed by atoms with Crippen molar-refractivity contribution in [2.75, 3.05) is 31.5 Å². The minimum Gasteiger partial charge on any atom is -0.339 e. The van der Waals surface area contributed by atoms with Crippen LogP contribution >= 0.6 is 11.6 Å². The Balaban J connectivity index is 1.38. The lowest BCUT2D eigenvalue weighted by Crippen LogP contribution is -2.39. The molecule has 0 spiro atoms. The van der Waals surface area contributed by atoms with E-state index >= 15 is 0 Å². The maximum Gasteiger partial charge on any atom is 0.321 e. The number of urea groups is 1. The zero-order valence-corrected chi connectivity index (χ0v) is 18.0. The molecule has 4 rings (SSSR count). The smallest absolute Gasteiger partial charge is 0.321 e. The summed E-state index contributed by atoms with van der Waals surface area (Å²) in [6.07, 6.45) is 2.66. The summed E-state index contributed by atoms with van der Waals surface area (Å²) in [6.45, 7) is 2.85. The third kappa shape index (κ3) is 5.27. The molecule has 7 heteroatoms. The summed E-state index contributed by atoms with van der Waals surface area (Å²) in [5, 5.41) is 3.46. The number of amides is 3. The average molecular weight is 437 g/mol. The number of aromatic nitrogens is 1. The normalized spacial score (nSPS) is 14.2. The Morgan fingerprint density at radius 3 is 2.45 bits per heavy atom. The molecule has 0 saturated carbocycles. The first-order chi connectivity index (χ1) is 15.1. The van der Waals surface area contributed by atoms with Crippen LogP contribution in [0.25, 0.3) is 0 Å². The predicted molar refractivity (Wildman–Crippen MR) is 123 cm³/mol. The van der Waals surface area contributed by atoms with Gasteiger partial charge in [0.25, 0.3) is 5.91 Å². The zero-order chi connectivity index (χ0) is 21.6. The van der Waals surface area contributed by atoms with Crippen LogP contribution in [0.15, 0.2) is 72.9 Å². The predicted octanol–water partition coefficient (Wildman–Crippen LogP) is 4.57. The first-order valence-electron chi connectivity index (χ1n) is 10.4. The van der Waals surface area contributed by atoms with Gasteiger partial charge in [0.1, 0.15) is 5.69 Å². The molecule has 31 heavy (non-hydrogen) atoms. The van der Waals surface area contributed by atoms with E-state index in [0.717, 1.165) is 12.0 Å². The van der Waals surface area contributed by atoms with E-state index in [4.69, 9.17) is 11.6 Å². The van der Waals surface area contributed by atoms with Crippen LogP contribution in [0.3, 0.4) is 0 Å². The second-order valence-electron chi connectivity index (χ2n) is 7.58. The lowest BCUT2D eigenvalue weighted by molar-refractivity contribution is 0.0752. The van der Waals surface area contributed by atoms with Crippen molar-refractivity contribution in [1.29, 1.82) is 0 Å². The maximum absolute atomic E-state index is 13.2. The SMILES string of the molecule is O=C(Nc1cccc(Cl)c1)N1CCCN(C(=O)c2cccn2Cc2ccccc2)CC1. The average Bonchev–Trinajstić information content (AvgIpc) is 3.08. The summed E-state index contributed by atoms with van der Waals surface area (Å²) >= 11 is 6.00. The fourth-order valence-corrected chi connectivity index (χ4v) is 3.97. The Hall–Kier alpha value is -3.25. The van der Waals surface area contributed by atoms with Crippen LogP contribution in [0.1, 0.15) is 22.5 Å². The number of anilines is 1. The number of rotatable bonds is 4. The summed E-state index contributed by atoms with van der Waals surface area (Å²) in [7, 11) is 0. The number of nitrogens with zero attached hydrogens (tertiary/aromatic N) is 3. The van der Waals surface area contributed by atoms with Gasteiger partial charge in [0.05, 0.1) is 0 Å². The fourth-order valence-electron chi connectivity index (χ4n) is 3.78. The molecule has 1 saturated heterocycles. The van der Waals surface area contributed by atoms with Gasteiger partial charge < -0.3 is 19.7 Å². The van der Waals surface area contributed by atoms with Gasteiger partial charge in [0.15, 0.2) is 0 Å². The molecule has 1 aliphatic heterocycles. The molecule has 1 fully saturated rings. The Kier molecular flexibility index (Phi) is 6.57. The lowest BCUT2D eigenvalue weighted by Gasteiger charge is -2.23. The van der Waals surface area contributed by atoms with Gasteiger partial charge in [-0.1, -0.05) is 48.0 Å². The van der Waals surface area contributed by atoms with Crippen molar-refractivity contribution >= 4 is 29.2 Å². The maximum atomic E-state index is 13.2. The van der Waals surface area contributed by atoms with Crippen LogP contribution in [0.2, 0.25) is 5.02 Å². The molecule has 1 aromatic heterocycles. The van der Waals surface area contributed by atoms with E-state index in [-0.39, 0.29) is 11.9 Å². The molecule has 0 unspecified atom stereocenters. The van der Waals surface area contributed by atoms with E-state index in [2.05, 4.69) is 17.4 Å². The highest BCUT2D eigenvalue weighted by atomic mass is 35.5. The third-order valence-electron chi connectivity index (χ3n) is 5.39. The number of nitrogens with one attached hydrogen (secondary N) is 1. The number of hydrogen-bond acceptors (Lipinski definition) is 2. The number of carbonyl (C=O) groups is 2. The third-order valence-corrected chi connectivity index (χ3v) is 5.63. The molecule has 2 aromatic carbocycles. The van der Waals surface area contributed by atoms with Crippen LogP contribution in [-0.2, 0) is 6.54 Å². The van der Waals surface area contributed by atoms with E-state index in [1.54, 1.807) is 29.2 Å². The van der Waals surface area contributed by atoms with Gasteiger partial charge in [-0.2, -0.15) is 0 Å². The number of carbonyl (C=O) groups excluding carboxylic acids is 2. The molecule has 0 atom stereocenters. The summed E-state index contributed by atoms with van der Waals surface area (Å²) in [5.74, 6) is -0.00182. The molecule has 2 heterocycles. The standard InChI is InChI=1S/C24H25ClN4O2/c25-20-9-4-10-21(17-20)26-24(31)28-14-6-13-27(15-16-28)23(30)22-11-5-12-29(22)18-19-7-2-1-3-8-19/h1-5,7-12,17H,6,13-16,18H2,(H,26,31). The molecule has 1 N–H and O–H groups in total. The Morgan fingerprint density at radius 1 is 0.871 bits per heavy atom. The minimum atomic E-state index is -0.177. The molecular weight excluding hydrogens is 412 g/mol. The van der Waals surface area contributed by atoms with Crippen LogP contribution in [0.5, 0.6) is 0 Å². The van der Waals surface area contributed by atoms with E-state index in [9.17, 15) is 9.59 Å². The number of benzene rings is 2. The summed E-state index contributed by atoms with van der Waals surface area (Å²) in [6, 6.07) is 20.8. The highest BCUT2D eigenvalue weighted by Gasteiger charge is 2.24. The monoisotopic (exact) mass is 436 g/mol. The van der Waals surface area contributed by atoms with Crippen LogP contribution < -0.4 is 5.32 Å². The Bertz CT molecular complexity index is 1050. The van der Waals surface area contributed by atoms with E-state index in [1.807, 2.05) is 46.0 Å². The molecule has 0 radical (unpaired) electrons. The highest BCUT2D eigenvalue weighted by Crippen LogP contribution is 2.17. The first-order valence-corrected chi connectivity index (χ1v) is 10.8. The lowest BCUT2D eigenvalue weighted by atomic mass is 10.2. The second kappa shape index (κ2) is 9.71. The van der Waals surface area contributed by atoms with Gasteiger partial charge in [-0.05, 0) is 42.3 Å². The van der Waals surface area contributed by atoms with Crippen LogP contribution in [0.4, 0.5) is 10.5 Å². The van der Waals surface area contributed by atoms with Crippen molar-refractivity contribution < 1.29 is 9.59 Å². The van der Waals surface area contributed by atoms with Crippen molar-refractivity contribution in [2.24, 2.45) is 0 Å². The highest BCUT2D eigenvalue weighted by molar-refractivity contribution is 6.30. The van der Waals surface area contributed by atoms with Crippen molar-refractivity contribution in [3.8, 4) is 0 Å². The fraction of sp³-hybridized carbons (Fsp3) is 0.250. The van der Waals surface area contributed by atoms with Gasteiger partial charge in [-0.3, -0.25) is 4.79 Å². The molecular formula is C24H25ClN4O2. The molecule has 0 bridgehead atoms. The van der Waals surface area contributed by atoms with Crippen molar-refractivity contribution in [1.82, 2.24) is 14.4 Å². The summed E-state index contributed by atoms with van der Waals surface area (Å²) in [4.78, 5) is 29.4. The van der Waals surface area contributed by atoms with Crippen molar-refractivity contribution in [2.45, 2.75) is 13.0 Å². The van der Waals surface area contributed by atoms with Gasteiger partial charge in [-0.15, -0.1) is 0 Å². The summed E-state index contributed by atoms with van der Waals surface area (Å²) < 4.78 is 1.98. The molecule has 0 aliphatic carbocycles. The molecule has 6 nitrogen and oxygen atoms in total. The van der Waals surface area contributed by atoms with Crippen molar-refractivity contribution in [3.05, 3.63) is 89.2 Å². The minimum absolute atomic E-state index is 0.00182. The molecule has 3 amide bonds. The molecule has 160 valence electrons. The zero-order valence-electron chi connectivity index (χ0n) is 17.2. The quantitative estimate of drug-likeness (QED) is 0.651. The van der Waals surface area contributed by atoms with Gasteiger partial charge in [0.2, 0.25) is 0 Å². The molecule has 1 aliphatic rings. The van der Waals surface area contributed by atoms with Crippen LogP contribution in [0, 0.1) is 0 Å². The van der Waals surface area contributed by atoms with Crippen LogP contribution in [-0.4, -0.2) is 52.5 Å². The molecule has 3 aromatic rings. The van der Waals surface area contributed by atoms with E-state index in [0.29, 0.717) is 49.1 Å². The largest absolute Gasteiger partial charge is 0.339 e. The topological polar surface area (TPSA) is 57.6 Å². The summed E-state index contributed by atoms with van der Waals surface area (Å²) in [5.41, 5.74) is 2.47. The second-order valence-corrected chi connectivity index (χ2v) is 8.02. The number of halogens is 1. The first kappa shape index (κ1) is 21.0. The van der Waals surface area contributed by atoms with Crippen molar-refractivity contribution in [3.63, 3.8) is 0 Å². The number of hydrogen-bond donors (Lipinski definition) is 1. The Labute approximate surface area is 187 Å². The van der Waals surface area contributed by atoms with Gasteiger partial charge in [0, 0.05) is 49.6 Å².